The first-order valence-corrected chi connectivity index (χ1v) is 5.98. The van der Waals surface area contributed by atoms with Crippen molar-refractivity contribution in [2.75, 3.05) is 6.61 Å². The number of hydrogen-bond acceptors (Lipinski definition) is 4. The first kappa shape index (κ1) is 16.8. The third kappa shape index (κ3) is 11.3. The zero-order valence-electron chi connectivity index (χ0n) is 11.9. The summed E-state index contributed by atoms with van der Waals surface area (Å²) in [7, 11) is 0. The summed E-state index contributed by atoms with van der Waals surface area (Å²) in [5, 5.41) is 8.23. The molecule has 0 aromatic heterocycles. The Morgan fingerprint density at radius 2 is 1.83 bits per heavy atom. The standard InChI is InChI=1S/C13H24O5/c1-12(2,3)10-13(4,5)18-17-9-7-6-8-16-11(14)15/h7,9H,6,8,10H2,1-5H3,(H,14,15). The van der Waals surface area contributed by atoms with Gasteiger partial charge in [0.25, 0.3) is 0 Å². The topological polar surface area (TPSA) is 65.0 Å². The number of hydrogen-bond donors (Lipinski definition) is 1. The fourth-order valence-electron chi connectivity index (χ4n) is 1.79. The molecule has 106 valence electrons. The zero-order valence-corrected chi connectivity index (χ0v) is 11.9. The van der Waals surface area contributed by atoms with Gasteiger partial charge in [-0.2, -0.15) is 4.89 Å². The highest BCUT2D eigenvalue weighted by molar-refractivity contribution is 5.56. The van der Waals surface area contributed by atoms with Gasteiger partial charge in [0.1, 0.15) is 11.9 Å². The SMILES string of the molecule is CC(C)(C)CC(C)(C)OOC=CCCOC(=O)O. The lowest BCUT2D eigenvalue weighted by molar-refractivity contribution is -0.321. The largest absolute Gasteiger partial charge is 0.505 e. The monoisotopic (exact) mass is 260 g/mol. The number of carboxylic acid groups (broad SMARTS) is 1. The Hall–Kier alpha value is -1.23. The number of ether oxygens (including phenoxy) is 1. The molecule has 0 amide bonds. The van der Waals surface area contributed by atoms with Crippen molar-refractivity contribution in [2.24, 2.45) is 5.41 Å². The minimum atomic E-state index is -1.27. The molecule has 0 atom stereocenters. The average molecular weight is 260 g/mol. The van der Waals surface area contributed by atoms with E-state index in [2.05, 4.69) is 25.5 Å². The van der Waals surface area contributed by atoms with Crippen LogP contribution in [0.15, 0.2) is 12.3 Å². The molecular weight excluding hydrogens is 236 g/mol. The van der Waals surface area contributed by atoms with Crippen LogP contribution in [0.3, 0.4) is 0 Å². The highest BCUT2D eigenvalue weighted by Gasteiger charge is 2.27. The average Bonchev–Trinajstić information content (AvgIpc) is 2.11. The summed E-state index contributed by atoms with van der Waals surface area (Å²) in [6, 6.07) is 0. The molecule has 0 rings (SSSR count). The van der Waals surface area contributed by atoms with Crippen LogP contribution in [0.25, 0.3) is 0 Å². The Bertz CT molecular complexity index is 276. The van der Waals surface area contributed by atoms with Crippen LogP contribution < -0.4 is 0 Å². The van der Waals surface area contributed by atoms with Gasteiger partial charge in [0.05, 0.1) is 6.61 Å². The van der Waals surface area contributed by atoms with Crippen LogP contribution in [0, 0.1) is 5.41 Å². The van der Waals surface area contributed by atoms with E-state index in [1.54, 1.807) is 6.08 Å². The molecule has 0 aromatic carbocycles. The predicted molar refractivity (Wildman–Crippen MR) is 68.1 cm³/mol. The summed E-state index contributed by atoms with van der Waals surface area (Å²) in [6.45, 7) is 10.4. The molecule has 0 saturated carbocycles. The predicted octanol–water partition coefficient (Wildman–Crippen LogP) is 3.75. The summed E-state index contributed by atoms with van der Waals surface area (Å²) in [5.74, 6) is 0. The Morgan fingerprint density at radius 3 is 2.33 bits per heavy atom. The van der Waals surface area contributed by atoms with E-state index in [-0.39, 0.29) is 17.6 Å². The maximum atomic E-state index is 10.1. The molecule has 18 heavy (non-hydrogen) atoms. The second-order valence-electron chi connectivity index (χ2n) is 5.95. The van der Waals surface area contributed by atoms with Crippen LogP contribution in [0.1, 0.15) is 47.5 Å². The fraction of sp³-hybridized carbons (Fsp3) is 0.769. The van der Waals surface area contributed by atoms with Crippen molar-refractivity contribution in [3.05, 3.63) is 12.3 Å². The molecule has 0 unspecified atom stereocenters. The lowest BCUT2D eigenvalue weighted by Gasteiger charge is -2.30. The van der Waals surface area contributed by atoms with E-state index >= 15 is 0 Å². The van der Waals surface area contributed by atoms with Gasteiger partial charge in [-0.05, 0) is 31.8 Å². The molecule has 1 N–H and O–H groups in total. The van der Waals surface area contributed by atoms with Gasteiger partial charge in [-0.3, -0.25) is 0 Å². The second kappa shape index (κ2) is 7.26. The molecule has 5 nitrogen and oxygen atoms in total. The van der Waals surface area contributed by atoms with Crippen molar-refractivity contribution < 1.29 is 24.4 Å². The van der Waals surface area contributed by atoms with E-state index in [1.165, 1.54) is 6.26 Å². The van der Waals surface area contributed by atoms with Crippen molar-refractivity contribution in [1.29, 1.82) is 0 Å². The zero-order chi connectivity index (χ0) is 14.2. The highest BCUT2D eigenvalue weighted by Crippen LogP contribution is 2.29. The van der Waals surface area contributed by atoms with Gasteiger partial charge in [-0.1, -0.05) is 20.8 Å². The van der Waals surface area contributed by atoms with Crippen LogP contribution in [-0.4, -0.2) is 23.5 Å². The van der Waals surface area contributed by atoms with Crippen molar-refractivity contribution in [2.45, 2.75) is 53.1 Å². The van der Waals surface area contributed by atoms with Crippen LogP contribution in [-0.2, 0) is 14.5 Å². The van der Waals surface area contributed by atoms with E-state index in [0.717, 1.165) is 6.42 Å². The second-order valence-corrected chi connectivity index (χ2v) is 5.95. The van der Waals surface area contributed by atoms with Gasteiger partial charge >= 0.3 is 6.16 Å². The van der Waals surface area contributed by atoms with E-state index in [4.69, 9.17) is 14.9 Å². The molecule has 0 spiro atoms. The molecule has 5 heteroatoms. The molecule has 0 aromatic rings. The first-order valence-electron chi connectivity index (χ1n) is 5.98. The minimum absolute atomic E-state index is 0.112. The molecular formula is C13H24O5. The summed E-state index contributed by atoms with van der Waals surface area (Å²) in [5.41, 5.74) is -0.216. The lowest BCUT2D eigenvalue weighted by Crippen LogP contribution is -2.29. The Morgan fingerprint density at radius 1 is 1.22 bits per heavy atom. The van der Waals surface area contributed by atoms with Crippen molar-refractivity contribution >= 4 is 6.16 Å². The van der Waals surface area contributed by atoms with Crippen LogP contribution >= 0.6 is 0 Å². The quantitative estimate of drug-likeness (QED) is 0.248. The molecule has 0 bridgehead atoms. The molecule has 0 fully saturated rings. The lowest BCUT2D eigenvalue weighted by atomic mass is 9.84. The molecule has 0 aliphatic rings. The fourth-order valence-corrected chi connectivity index (χ4v) is 1.79. The van der Waals surface area contributed by atoms with E-state index in [1.807, 2.05) is 13.8 Å². The first-order chi connectivity index (χ1) is 8.12. The molecule has 0 aliphatic carbocycles. The van der Waals surface area contributed by atoms with Crippen molar-refractivity contribution in [1.82, 2.24) is 0 Å². The van der Waals surface area contributed by atoms with Gasteiger partial charge in [0, 0.05) is 6.42 Å². The molecule has 0 heterocycles. The van der Waals surface area contributed by atoms with Gasteiger partial charge in [-0.15, -0.1) is 0 Å². The van der Waals surface area contributed by atoms with Gasteiger partial charge in [0.15, 0.2) is 0 Å². The highest BCUT2D eigenvalue weighted by atomic mass is 17.2. The van der Waals surface area contributed by atoms with Gasteiger partial charge < -0.3 is 14.7 Å². The van der Waals surface area contributed by atoms with Gasteiger partial charge in [0.2, 0.25) is 0 Å². The Labute approximate surface area is 109 Å². The smallest absolute Gasteiger partial charge is 0.450 e. The molecule has 0 saturated heterocycles. The van der Waals surface area contributed by atoms with Crippen LogP contribution in [0.4, 0.5) is 4.79 Å². The van der Waals surface area contributed by atoms with E-state index in [9.17, 15) is 4.79 Å². The summed E-state index contributed by atoms with van der Waals surface area (Å²) < 4.78 is 4.32. The Kier molecular flexibility index (Phi) is 6.76. The normalized spacial score (nSPS) is 12.7. The Balaban J connectivity index is 3.76. The van der Waals surface area contributed by atoms with Crippen molar-refractivity contribution in [3.8, 4) is 0 Å². The maximum absolute atomic E-state index is 10.1. The maximum Gasteiger partial charge on any atom is 0.505 e. The van der Waals surface area contributed by atoms with Crippen LogP contribution in [0.5, 0.6) is 0 Å². The molecule has 0 aliphatic heterocycles. The van der Waals surface area contributed by atoms with Crippen molar-refractivity contribution in [3.63, 3.8) is 0 Å². The summed E-state index contributed by atoms with van der Waals surface area (Å²) in [4.78, 5) is 20.3. The van der Waals surface area contributed by atoms with Gasteiger partial charge in [-0.25, -0.2) is 4.79 Å². The van der Waals surface area contributed by atoms with E-state index in [0.29, 0.717) is 6.42 Å². The van der Waals surface area contributed by atoms with Crippen LogP contribution in [0.2, 0.25) is 0 Å². The third-order valence-corrected chi connectivity index (χ3v) is 1.89. The summed E-state index contributed by atoms with van der Waals surface area (Å²) in [6.07, 6.45) is 3.09. The van der Waals surface area contributed by atoms with E-state index < -0.39 is 6.16 Å². The minimum Gasteiger partial charge on any atom is -0.450 e. The number of rotatable bonds is 7. The third-order valence-electron chi connectivity index (χ3n) is 1.89. The summed E-state index contributed by atoms with van der Waals surface area (Å²) >= 11 is 0. The number of carbonyl (C=O) groups is 1. The molecule has 0 radical (unpaired) electrons.